The molecule has 0 aliphatic rings. The van der Waals surface area contributed by atoms with Crippen LogP contribution in [0.4, 0.5) is 0 Å². The highest BCUT2D eigenvalue weighted by molar-refractivity contribution is 7.19. The Hall–Kier alpha value is -0.380. The van der Waals surface area contributed by atoms with Gasteiger partial charge in [0, 0.05) is 5.38 Å². The number of hydrogen-bond acceptors (Lipinski definition) is 3. The molecule has 2 heterocycles. The summed E-state index contributed by atoms with van der Waals surface area (Å²) >= 11 is 9.13. The van der Waals surface area contributed by atoms with Gasteiger partial charge in [0.15, 0.2) is 0 Å². The van der Waals surface area contributed by atoms with Crippen LogP contribution in [0.15, 0.2) is 17.5 Å². The molecule has 0 N–H and O–H groups in total. The SMILES string of the molecule is CCc1nc(-c2ccc(Cl)s2)cs1. The van der Waals surface area contributed by atoms with E-state index in [0.29, 0.717) is 0 Å². The summed E-state index contributed by atoms with van der Waals surface area (Å²) in [5.41, 5.74) is 1.05. The van der Waals surface area contributed by atoms with Gasteiger partial charge in [0.25, 0.3) is 0 Å². The molecule has 2 aromatic heterocycles. The van der Waals surface area contributed by atoms with Gasteiger partial charge in [0.05, 0.1) is 19.9 Å². The highest BCUT2D eigenvalue weighted by Gasteiger charge is 2.05. The molecule has 2 rings (SSSR count). The second-order valence-electron chi connectivity index (χ2n) is 2.58. The van der Waals surface area contributed by atoms with E-state index in [0.717, 1.165) is 21.3 Å². The molecule has 4 heteroatoms. The largest absolute Gasteiger partial charge is 0.240 e. The summed E-state index contributed by atoms with van der Waals surface area (Å²) in [6.45, 7) is 2.12. The number of aromatic nitrogens is 1. The van der Waals surface area contributed by atoms with Crippen molar-refractivity contribution in [2.75, 3.05) is 0 Å². The minimum absolute atomic E-state index is 0.820. The van der Waals surface area contributed by atoms with Crippen LogP contribution in [0.25, 0.3) is 10.6 Å². The van der Waals surface area contributed by atoms with Gasteiger partial charge < -0.3 is 0 Å². The van der Waals surface area contributed by atoms with Gasteiger partial charge in [-0.05, 0) is 18.6 Å². The smallest absolute Gasteiger partial charge is 0.0935 e. The predicted molar refractivity (Wildman–Crippen MR) is 59.8 cm³/mol. The third-order valence-electron chi connectivity index (χ3n) is 1.68. The molecule has 0 aromatic carbocycles. The van der Waals surface area contributed by atoms with Crippen LogP contribution < -0.4 is 0 Å². The fraction of sp³-hybridized carbons (Fsp3) is 0.222. The van der Waals surface area contributed by atoms with Gasteiger partial charge in [-0.15, -0.1) is 22.7 Å². The number of hydrogen-bond donors (Lipinski definition) is 0. The van der Waals surface area contributed by atoms with E-state index in [9.17, 15) is 0 Å². The molecule has 0 aliphatic heterocycles. The van der Waals surface area contributed by atoms with Gasteiger partial charge in [-0.1, -0.05) is 18.5 Å². The van der Waals surface area contributed by atoms with E-state index in [1.807, 2.05) is 12.1 Å². The van der Waals surface area contributed by atoms with Gasteiger partial charge in [0.1, 0.15) is 0 Å². The van der Waals surface area contributed by atoms with Crippen LogP contribution in [0, 0.1) is 0 Å². The number of rotatable bonds is 2. The van der Waals surface area contributed by atoms with Gasteiger partial charge in [-0.3, -0.25) is 0 Å². The molecule has 0 amide bonds. The van der Waals surface area contributed by atoms with Crippen molar-refractivity contribution in [2.45, 2.75) is 13.3 Å². The Morgan fingerprint density at radius 3 is 2.85 bits per heavy atom. The number of halogens is 1. The summed E-state index contributed by atoms with van der Waals surface area (Å²) in [5, 5.41) is 3.26. The second-order valence-corrected chi connectivity index (χ2v) is 5.24. The predicted octanol–water partition coefficient (Wildman–Crippen LogP) is 4.09. The van der Waals surface area contributed by atoms with Crippen molar-refractivity contribution in [1.82, 2.24) is 4.98 Å². The molecule has 13 heavy (non-hydrogen) atoms. The Morgan fingerprint density at radius 2 is 2.31 bits per heavy atom. The lowest BCUT2D eigenvalue weighted by Gasteiger charge is -1.87. The minimum atomic E-state index is 0.820. The van der Waals surface area contributed by atoms with Crippen LogP contribution in [0.3, 0.4) is 0 Å². The summed E-state index contributed by atoms with van der Waals surface area (Å²) in [7, 11) is 0. The van der Waals surface area contributed by atoms with E-state index in [4.69, 9.17) is 11.6 Å². The van der Waals surface area contributed by atoms with Gasteiger partial charge in [-0.25, -0.2) is 4.98 Å². The van der Waals surface area contributed by atoms with Gasteiger partial charge in [-0.2, -0.15) is 0 Å². The van der Waals surface area contributed by atoms with E-state index in [2.05, 4.69) is 17.3 Å². The summed E-state index contributed by atoms with van der Waals surface area (Å²) in [4.78, 5) is 5.64. The Balaban J connectivity index is 2.35. The maximum Gasteiger partial charge on any atom is 0.0935 e. The van der Waals surface area contributed by atoms with Crippen LogP contribution in [0.2, 0.25) is 4.34 Å². The third-order valence-corrected chi connectivity index (χ3v) is 3.93. The lowest BCUT2D eigenvalue weighted by molar-refractivity contribution is 1.10. The fourth-order valence-corrected chi connectivity index (χ4v) is 2.86. The van der Waals surface area contributed by atoms with Gasteiger partial charge >= 0.3 is 0 Å². The topological polar surface area (TPSA) is 12.9 Å². The number of thiophene rings is 1. The Bertz CT molecular complexity index is 405. The molecule has 1 nitrogen and oxygen atoms in total. The van der Waals surface area contributed by atoms with Crippen LogP contribution in [0.1, 0.15) is 11.9 Å². The molecule has 0 saturated heterocycles. The number of aryl methyl sites for hydroxylation is 1. The number of thiazole rings is 1. The summed E-state index contributed by atoms with van der Waals surface area (Å²) in [5.74, 6) is 0. The first kappa shape index (κ1) is 9.19. The first-order valence-electron chi connectivity index (χ1n) is 3.99. The summed E-state index contributed by atoms with van der Waals surface area (Å²) in [6, 6.07) is 3.92. The standard InChI is InChI=1S/C9H8ClNS2/c1-2-9-11-6(5-12-9)7-3-4-8(10)13-7/h3-5H,2H2,1H3. The lowest BCUT2D eigenvalue weighted by Crippen LogP contribution is -1.76. The second kappa shape index (κ2) is 3.78. The van der Waals surface area contributed by atoms with Crippen molar-refractivity contribution in [1.29, 1.82) is 0 Å². The minimum Gasteiger partial charge on any atom is -0.240 e. The molecule has 0 spiro atoms. The van der Waals surface area contributed by atoms with E-state index in [1.165, 1.54) is 5.01 Å². The summed E-state index contributed by atoms with van der Waals surface area (Å²) in [6.07, 6.45) is 1.00. The first-order chi connectivity index (χ1) is 6.29. The normalized spacial score (nSPS) is 10.6. The van der Waals surface area contributed by atoms with Crippen molar-refractivity contribution in [2.24, 2.45) is 0 Å². The molecular formula is C9H8ClNS2. The lowest BCUT2D eigenvalue weighted by atomic mass is 10.4. The highest BCUT2D eigenvalue weighted by Crippen LogP contribution is 2.31. The van der Waals surface area contributed by atoms with E-state index >= 15 is 0 Å². The average Bonchev–Trinajstić information content (AvgIpc) is 2.71. The molecule has 0 fully saturated rings. The zero-order valence-corrected chi connectivity index (χ0v) is 9.47. The van der Waals surface area contributed by atoms with Crippen LogP contribution >= 0.6 is 34.3 Å². The summed E-state index contributed by atoms with van der Waals surface area (Å²) < 4.78 is 0.820. The fourth-order valence-electron chi connectivity index (χ4n) is 1.04. The quantitative estimate of drug-likeness (QED) is 0.756. The molecule has 0 unspecified atom stereocenters. The molecule has 0 saturated carbocycles. The third kappa shape index (κ3) is 1.93. The molecular weight excluding hydrogens is 222 g/mol. The maximum absolute atomic E-state index is 5.85. The average molecular weight is 230 g/mol. The van der Waals surface area contributed by atoms with Crippen LogP contribution in [0.5, 0.6) is 0 Å². The molecule has 0 bridgehead atoms. The van der Waals surface area contributed by atoms with Crippen LogP contribution in [-0.4, -0.2) is 4.98 Å². The molecule has 0 radical (unpaired) electrons. The maximum atomic E-state index is 5.85. The van der Waals surface area contributed by atoms with Crippen molar-refractivity contribution in [3.8, 4) is 10.6 Å². The Labute approximate surface area is 90.0 Å². The van der Waals surface area contributed by atoms with E-state index in [1.54, 1.807) is 22.7 Å². The Morgan fingerprint density at radius 1 is 1.46 bits per heavy atom. The van der Waals surface area contributed by atoms with Crippen molar-refractivity contribution >= 4 is 34.3 Å². The van der Waals surface area contributed by atoms with E-state index < -0.39 is 0 Å². The molecule has 0 atom stereocenters. The van der Waals surface area contributed by atoms with Crippen molar-refractivity contribution < 1.29 is 0 Å². The molecule has 0 aliphatic carbocycles. The zero-order valence-electron chi connectivity index (χ0n) is 7.08. The van der Waals surface area contributed by atoms with Crippen LogP contribution in [-0.2, 0) is 6.42 Å². The number of nitrogens with zero attached hydrogens (tertiary/aromatic N) is 1. The zero-order chi connectivity index (χ0) is 9.26. The first-order valence-corrected chi connectivity index (χ1v) is 6.07. The molecule has 2 aromatic rings. The van der Waals surface area contributed by atoms with Crippen molar-refractivity contribution in [3.63, 3.8) is 0 Å². The molecule has 68 valence electrons. The highest BCUT2D eigenvalue weighted by atomic mass is 35.5. The van der Waals surface area contributed by atoms with Gasteiger partial charge in [0.2, 0.25) is 0 Å². The monoisotopic (exact) mass is 229 g/mol. The Kier molecular flexibility index (Phi) is 2.67. The van der Waals surface area contributed by atoms with Crippen molar-refractivity contribution in [3.05, 3.63) is 26.9 Å². The van der Waals surface area contributed by atoms with E-state index in [-0.39, 0.29) is 0 Å².